The van der Waals surface area contributed by atoms with Crippen molar-refractivity contribution in [3.05, 3.63) is 73.4 Å². The normalized spacial score (nSPS) is 12.5. The van der Waals surface area contributed by atoms with Crippen LogP contribution in [0.25, 0.3) is 16.5 Å². The molecule has 0 radical (unpaired) electrons. The monoisotopic (exact) mass is 501 g/mol. The topological polar surface area (TPSA) is 102 Å². The maximum Gasteiger partial charge on any atom is 0.263 e. The fourth-order valence-corrected chi connectivity index (χ4v) is 4.76. The maximum absolute atomic E-state index is 12.7. The average molecular weight is 502 g/mol. The molecule has 33 heavy (non-hydrogen) atoms. The van der Waals surface area contributed by atoms with E-state index < -0.39 is 5.91 Å². The van der Waals surface area contributed by atoms with Crippen LogP contribution in [-0.2, 0) is 17.6 Å². The van der Waals surface area contributed by atoms with Crippen molar-refractivity contribution in [1.82, 2.24) is 19.7 Å². The van der Waals surface area contributed by atoms with Gasteiger partial charge in [-0.05, 0) is 48.9 Å². The summed E-state index contributed by atoms with van der Waals surface area (Å²) < 4.78 is 6.96. The van der Waals surface area contributed by atoms with Crippen LogP contribution < -0.4 is 15.6 Å². The predicted octanol–water partition coefficient (Wildman–Crippen LogP) is 4.50. The molecule has 1 aromatic carbocycles. The molecule has 2 N–H and O–H groups in total. The molecule has 0 saturated heterocycles. The summed E-state index contributed by atoms with van der Waals surface area (Å²) in [5, 5.41) is 10.1. The summed E-state index contributed by atoms with van der Waals surface area (Å²) >= 11 is 13.5. The van der Waals surface area contributed by atoms with E-state index in [9.17, 15) is 9.59 Å². The first kappa shape index (κ1) is 21.7. The zero-order valence-electron chi connectivity index (χ0n) is 17.1. The van der Waals surface area contributed by atoms with Gasteiger partial charge in [-0.25, -0.2) is 4.98 Å². The number of aromatic amines is 1. The number of carbonyl (C=O) groups is 1. The predicted molar refractivity (Wildman–Crippen MR) is 128 cm³/mol. The number of halogens is 2. The van der Waals surface area contributed by atoms with Crippen molar-refractivity contribution in [3.63, 3.8) is 0 Å². The van der Waals surface area contributed by atoms with E-state index in [0.717, 1.165) is 23.4 Å². The van der Waals surface area contributed by atoms with Crippen molar-refractivity contribution in [3.8, 4) is 22.3 Å². The van der Waals surface area contributed by atoms with Crippen molar-refractivity contribution in [2.45, 2.75) is 19.3 Å². The number of aryl methyl sites for hydroxylation is 1. The van der Waals surface area contributed by atoms with E-state index in [1.165, 1.54) is 22.1 Å². The highest BCUT2D eigenvalue weighted by Crippen LogP contribution is 2.29. The number of ether oxygens (including phenoxy) is 1. The first-order valence-corrected chi connectivity index (χ1v) is 11.8. The molecule has 0 unspecified atom stereocenters. The highest BCUT2D eigenvalue weighted by atomic mass is 35.5. The Kier molecular flexibility index (Phi) is 5.92. The number of benzene rings is 1. The van der Waals surface area contributed by atoms with Gasteiger partial charge in [0.05, 0.1) is 15.6 Å². The summed E-state index contributed by atoms with van der Waals surface area (Å²) in [5.74, 6) is 0.521. The van der Waals surface area contributed by atoms with Gasteiger partial charge >= 0.3 is 0 Å². The van der Waals surface area contributed by atoms with Crippen LogP contribution in [0.15, 0.2) is 46.6 Å². The van der Waals surface area contributed by atoms with Crippen molar-refractivity contribution in [2.24, 2.45) is 0 Å². The Bertz CT molecular complexity index is 1400. The second kappa shape index (κ2) is 9.01. The standard InChI is InChI=1S/C22H17Cl2N5O3S/c23-12-6-7-17(14(24)9-12)32-11-20(30)26-19-10-16(18-5-2-8-33-18)28-29(19)22-25-15-4-1-3-13(15)21(31)27-22/h2,5-10H,1,3-4,11H2,(H,26,30)(H,25,27,31). The number of nitrogens with zero attached hydrogens (tertiary/aromatic N) is 3. The lowest BCUT2D eigenvalue weighted by Gasteiger charge is -2.10. The number of rotatable bonds is 6. The highest BCUT2D eigenvalue weighted by molar-refractivity contribution is 7.13. The lowest BCUT2D eigenvalue weighted by atomic mass is 10.3. The molecule has 1 aliphatic carbocycles. The summed E-state index contributed by atoms with van der Waals surface area (Å²) in [7, 11) is 0. The van der Waals surface area contributed by atoms with E-state index in [1.54, 1.807) is 18.2 Å². The van der Waals surface area contributed by atoms with Gasteiger partial charge in [-0.2, -0.15) is 9.78 Å². The number of aromatic nitrogens is 4. The molecule has 1 amide bonds. The molecule has 0 bridgehead atoms. The van der Waals surface area contributed by atoms with Crippen LogP contribution in [0.2, 0.25) is 10.0 Å². The van der Waals surface area contributed by atoms with E-state index in [4.69, 9.17) is 27.9 Å². The molecule has 8 nitrogen and oxygen atoms in total. The van der Waals surface area contributed by atoms with Gasteiger partial charge in [0.15, 0.2) is 6.61 Å². The number of fused-ring (bicyclic) bond motifs is 1. The van der Waals surface area contributed by atoms with E-state index in [1.807, 2.05) is 17.5 Å². The second-order valence-corrected chi connectivity index (χ2v) is 9.18. The number of anilines is 1. The van der Waals surface area contributed by atoms with Crippen molar-refractivity contribution in [1.29, 1.82) is 0 Å². The van der Waals surface area contributed by atoms with Crippen LogP contribution >= 0.6 is 34.5 Å². The number of nitrogens with one attached hydrogen (secondary N) is 2. The van der Waals surface area contributed by atoms with Crippen LogP contribution in [0.1, 0.15) is 17.7 Å². The second-order valence-electron chi connectivity index (χ2n) is 7.38. The molecule has 11 heteroatoms. The average Bonchev–Trinajstić information content (AvgIpc) is 3.53. The van der Waals surface area contributed by atoms with Crippen LogP contribution in [0.5, 0.6) is 5.75 Å². The Hall–Kier alpha value is -3.14. The molecule has 0 saturated carbocycles. The summed E-state index contributed by atoms with van der Waals surface area (Å²) in [6, 6.07) is 10.3. The summed E-state index contributed by atoms with van der Waals surface area (Å²) in [6.07, 6.45) is 2.34. The molecule has 0 spiro atoms. The SMILES string of the molecule is O=C(COc1ccc(Cl)cc1Cl)Nc1cc(-c2cccs2)nn1-c1nc2c(c(=O)[nH]1)CCC2. The highest BCUT2D eigenvalue weighted by Gasteiger charge is 2.21. The fraction of sp³-hybridized carbons (Fsp3) is 0.182. The van der Waals surface area contributed by atoms with Crippen LogP contribution in [-0.4, -0.2) is 32.3 Å². The minimum absolute atomic E-state index is 0.182. The summed E-state index contributed by atoms with van der Waals surface area (Å²) in [5.41, 5.74) is 1.94. The molecular formula is C22H17Cl2N5O3S. The molecule has 4 aromatic rings. The number of amides is 1. The number of hydrogen-bond donors (Lipinski definition) is 2. The zero-order chi connectivity index (χ0) is 22.9. The molecular weight excluding hydrogens is 485 g/mol. The lowest BCUT2D eigenvalue weighted by molar-refractivity contribution is -0.118. The smallest absolute Gasteiger partial charge is 0.263 e. The molecule has 1 aliphatic rings. The van der Waals surface area contributed by atoms with E-state index in [0.29, 0.717) is 39.3 Å². The van der Waals surface area contributed by atoms with E-state index >= 15 is 0 Å². The maximum atomic E-state index is 12.7. The quantitative estimate of drug-likeness (QED) is 0.405. The van der Waals surface area contributed by atoms with E-state index in [2.05, 4.69) is 20.4 Å². The molecule has 3 heterocycles. The third kappa shape index (κ3) is 4.52. The molecule has 0 aliphatic heterocycles. The van der Waals surface area contributed by atoms with Gasteiger partial charge < -0.3 is 10.1 Å². The first-order chi connectivity index (χ1) is 16.0. The van der Waals surface area contributed by atoms with Crippen LogP contribution in [0.4, 0.5) is 5.82 Å². The minimum Gasteiger partial charge on any atom is -0.482 e. The number of hydrogen-bond acceptors (Lipinski definition) is 6. The molecule has 0 atom stereocenters. The van der Waals surface area contributed by atoms with Gasteiger partial charge in [0.1, 0.15) is 17.3 Å². The van der Waals surface area contributed by atoms with Gasteiger partial charge in [-0.15, -0.1) is 11.3 Å². The van der Waals surface area contributed by atoms with Crippen molar-refractivity contribution >= 4 is 46.3 Å². The summed E-state index contributed by atoms with van der Waals surface area (Å²) in [4.78, 5) is 33.5. The largest absolute Gasteiger partial charge is 0.482 e. The van der Waals surface area contributed by atoms with Crippen molar-refractivity contribution < 1.29 is 9.53 Å². The van der Waals surface area contributed by atoms with Gasteiger partial charge in [-0.1, -0.05) is 29.3 Å². The zero-order valence-corrected chi connectivity index (χ0v) is 19.4. The summed E-state index contributed by atoms with van der Waals surface area (Å²) in [6.45, 7) is -0.283. The van der Waals surface area contributed by atoms with Crippen molar-refractivity contribution in [2.75, 3.05) is 11.9 Å². The van der Waals surface area contributed by atoms with Crippen LogP contribution in [0.3, 0.4) is 0 Å². The Labute approximate surface area is 202 Å². The third-order valence-electron chi connectivity index (χ3n) is 5.13. The first-order valence-electron chi connectivity index (χ1n) is 10.1. The molecule has 168 valence electrons. The van der Waals surface area contributed by atoms with Gasteiger partial charge in [0.25, 0.3) is 11.5 Å². The Balaban J connectivity index is 1.43. The van der Waals surface area contributed by atoms with Gasteiger partial charge in [0.2, 0.25) is 5.95 Å². The van der Waals surface area contributed by atoms with Gasteiger partial charge in [0, 0.05) is 16.7 Å². The third-order valence-corrected chi connectivity index (χ3v) is 6.56. The van der Waals surface area contributed by atoms with Gasteiger partial charge in [-0.3, -0.25) is 14.6 Å². The lowest BCUT2D eigenvalue weighted by Crippen LogP contribution is -2.24. The van der Waals surface area contributed by atoms with Crippen LogP contribution in [0, 0.1) is 0 Å². The molecule has 3 aromatic heterocycles. The number of H-pyrrole nitrogens is 1. The fourth-order valence-electron chi connectivity index (χ4n) is 3.62. The number of thiophene rings is 1. The minimum atomic E-state index is -0.427. The molecule has 5 rings (SSSR count). The Morgan fingerprint density at radius 1 is 1.24 bits per heavy atom. The Morgan fingerprint density at radius 2 is 2.12 bits per heavy atom. The number of carbonyl (C=O) groups excluding carboxylic acids is 1. The van der Waals surface area contributed by atoms with E-state index in [-0.39, 0.29) is 18.1 Å². The molecule has 0 fully saturated rings. The Morgan fingerprint density at radius 3 is 2.91 bits per heavy atom.